The number of fused-ring (bicyclic) bond motifs is 1. The van der Waals surface area contributed by atoms with E-state index < -0.39 is 23.8 Å². The standard InChI is InChI=1S/C21H19N3O4/c22-20(26)18(12-19(25)28-13-14-6-2-1-3-7-14)24-21(27)16-10-11-23-17-9-5-4-8-15(16)17/h1-11,18H,12-13H2,(H2,22,26)(H,24,27)/t18-/m1/s1. The molecular weight excluding hydrogens is 358 g/mol. The number of esters is 1. The number of primary amides is 1. The van der Waals surface area contributed by atoms with Gasteiger partial charge in [-0.3, -0.25) is 19.4 Å². The van der Waals surface area contributed by atoms with Gasteiger partial charge in [-0.2, -0.15) is 0 Å². The Bertz CT molecular complexity index is 999. The molecule has 2 amide bonds. The van der Waals surface area contributed by atoms with E-state index in [0.29, 0.717) is 16.5 Å². The molecule has 3 rings (SSSR count). The summed E-state index contributed by atoms with van der Waals surface area (Å²) in [7, 11) is 0. The van der Waals surface area contributed by atoms with Crippen molar-refractivity contribution in [3.05, 3.63) is 78.0 Å². The molecule has 1 atom stereocenters. The van der Waals surface area contributed by atoms with Gasteiger partial charge in [0.25, 0.3) is 5.91 Å². The molecule has 142 valence electrons. The normalized spacial score (nSPS) is 11.6. The Kier molecular flexibility index (Phi) is 5.96. The number of hydrogen-bond donors (Lipinski definition) is 2. The van der Waals surface area contributed by atoms with Crippen molar-refractivity contribution in [2.45, 2.75) is 19.1 Å². The molecule has 0 radical (unpaired) electrons. The molecule has 7 nitrogen and oxygen atoms in total. The van der Waals surface area contributed by atoms with Gasteiger partial charge in [-0.25, -0.2) is 0 Å². The number of amides is 2. The van der Waals surface area contributed by atoms with Crippen molar-refractivity contribution >= 4 is 28.7 Å². The maximum absolute atomic E-state index is 12.6. The summed E-state index contributed by atoms with van der Waals surface area (Å²) in [5.41, 5.74) is 7.16. The highest BCUT2D eigenvalue weighted by Gasteiger charge is 2.24. The third kappa shape index (κ3) is 4.70. The number of ether oxygens (including phenoxy) is 1. The molecule has 28 heavy (non-hydrogen) atoms. The molecule has 0 bridgehead atoms. The van der Waals surface area contributed by atoms with E-state index in [1.165, 1.54) is 6.20 Å². The number of carbonyl (C=O) groups is 3. The van der Waals surface area contributed by atoms with Crippen molar-refractivity contribution in [1.82, 2.24) is 10.3 Å². The van der Waals surface area contributed by atoms with Gasteiger partial charge < -0.3 is 15.8 Å². The van der Waals surface area contributed by atoms with Crippen molar-refractivity contribution in [3.8, 4) is 0 Å². The molecule has 0 aliphatic heterocycles. The van der Waals surface area contributed by atoms with Crippen LogP contribution in [0.15, 0.2) is 66.9 Å². The highest BCUT2D eigenvalue weighted by molar-refractivity contribution is 6.07. The quantitative estimate of drug-likeness (QED) is 0.611. The zero-order valence-electron chi connectivity index (χ0n) is 15.0. The molecule has 1 aromatic heterocycles. The molecule has 7 heteroatoms. The third-order valence-corrected chi connectivity index (χ3v) is 4.16. The topological polar surface area (TPSA) is 111 Å². The smallest absolute Gasteiger partial charge is 0.308 e. The SMILES string of the molecule is NC(=O)[C@@H](CC(=O)OCc1ccccc1)NC(=O)c1ccnc2ccccc12. The highest BCUT2D eigenvalue weighted by Crippen LogP contribution is 2.16. The summed E-state index contributed by atoms with van der Waals surface area (Å²) in [6, 6.07) is 16.6. The number of para-hydroxylation sites is 1. The Morgan fingerprint density at radius 2 is 1.71 bits per heavy atom. The lowest BCUT2D eigenvalue weighted by Gasteiger charge is -2.15. The first-order chi connectivity index (χ1) is 13.5. The van der Waals surface area contributed by atoms with Gasteiger partial charge in [-0.15, -0.1) is 0 Å². The zero-order valence-corrected chi connectivity index (χ0v) is 15.0. The molecule has 0 saturated carbocycles. The van der Waals surface area contributed by atoms with Gasteiger partial charge >= 0.3 is 5.97 Å². The highest BCUT2D eigenvalue weighted by atomic mass is 16.5. The minimum Gasteiger partial charge on any atom is -0.461 e. The van der Waals surface area contributed by atoms with Crippen LogP contribution in [0.3, 0.4) is 0 Å². The first-order valence-electron chi connectivity index (χ1n) is 8.68. The average molecular weight is 377 g/mol. The molecule has 0 aliphatic rings. The van der Waals surface area contributed by atoms with Gasteiger partial charge in [-0.05, 0) is 17.7 Å². The van der Waals surface area contributed by atoms with E-state index >= 15 is 0 Å². The molecule has 1 heterocycles. The molecule has 0 aliphatic carbocycles. The van der Waals surface area contributed by atoms with Crippen LogP contribution in [0.1, 0.15) is 22.3 Å². The Morgan fingerprint density at radius 1 is 1.00 bits per heavy atom. The number of benzene rings is 2. The van der Waals surface area contributed by atoms with Crippen LogP contribution in [0.5, 0.6) is 0 Å². The van der Waals surface area contributed by atoms with Crippen LogP contribution >= 0.6 is 0 Å². The monoisotopic (exact) mass is 377 g/mol. The van der Waals surface area contributed by atoms with Gasteiger partial charge in [0.05, 0.1) is 17.5 Å². The van der Waals surface area contributed by atoms with Gasteiger partial charge in [0.15, 0.2) is 0 Å². The van der Waals surface area contributed by atoms with E-state index in [1.54, 1.807) is 24.3 Å². The summed E-state index contributed by atoms with van der Waals surface area (Å²) < 4.78 is 5.16. The second kappa shape index (κ2) is 8.77. The number of aromatic nitrogens is 1. The van der Waals surface area contributed by atoms with E-state index in [-0.39, 0.29) is 13.0 Å². The van der Waals surface area contributed by atoms with Crippen LogP contribution in [0.4, 0.5) is 0 Å². The summed E-state index contributed by atoms with van der Waals surface area (Å²) in [6.45, 7) is 0.0775. The fourth-order valence-corrected chi connectivity index (χ4v) is 2.72. The van der Waals surface area contributed by atoms with Gasteiger partial charge in [0, 0.05) is 11.6 Å². The Balaban J connectivity index is 1.66. The fraction of sp³-hybridized carbons (Fsp3) is 0.143. The van der Waals surface area contributed by atoms with Crippen molar-refractivity contribution in [2.24, 2.45) is 5.73 Å². The summed E-state index contributed by atoms with van der Waals surface area (Å²) in [4.78, 5) is 40.6. The minimum atomic E-state index is -1.18. The van der Waals surface area contributed by atoms with Crippen molar-refractivity contribution < 1.29 is 19.1 Å². The lowest BCUT2D eigenvalue weighted by atomic mass is 10.1. The van der Waals surface area contributed by atoms with E-state index in [2.05, 4.69) is 10.3 Å². The van der Waals surface area contributed by atoms with Crippen LogP contribution in [-0.2, 0) is 20.9 Å². The predicted molar refractivity (Wildman–Crippen MR) is 103 cm³/mol. The molecular formula is C21H19N3O4. The number of nitrogens with one attached hydrogen (secondary N) is 1. The first kappa shape index (κ1) is 19.0. The Hall–Kier alpha value is -3.74. The number of rotatable bonds is 7. The van der Waals surface area contributed by atoms with Crippen LogP contribution in [-0.4, -0.2) is 28.8 Å². The number of carbonyl (C=O) groups excluding carboxylic acids is 3. The van der Waals surface area contributed by atoms with Crippen molar-refractivity contribution in [2.75, 3.05) is 0 Å². The van der Waals surface area contributed by atoms with E-state index in [9.17, 15) is 14.4 Å². The summed E-state index contributed by atoms with van der Waals surface area (Å²) >= 11 is 0. The second-order valence-electron chi connectivity index (χ2n) is 6.15. The fourth-order valence-electron chi connectivity index (χ4n) is 2.72. The second-order valence-corrected chi connectivity index (χ2v) is 6.15. The van der Waals surface area contributed by atoms with Gasteiger partial charge in [-0.1, -0.05) is 48.5 Å². The molecule has 2 aromatic carbocycles. The summed E-state index contributed by atoms with van der Waals surface area (Å²) in [6.07, 6.45) is 1.15. The summed E-state index contributed by atoms with van der Waals surface area (Å²) in [5, 5.41) is 3.15. The van der Waals surface area contributed by atoms with Crippen LogP contribution in [0.2, 0.25) is 0 Å². The Labute approximate surface area is 161 Å². The minimum absolute atomic E-state index is 0.0775. The third-order valence-electron chi connectivity index (χ3n) is 4.16. The molecule has 0 saturated heterocycles. The van der Waals surface area contributed by atoms with Crippen LogP contribution in [0, 0.1) is 0 Å². The number of pyridine rings is 1. The number of nitrogens with zero attached hydrogens (tertiary/aromatic N) is 1. The average Bonchev–Trinajstić information content (AvgIpc) is 2.72. The summed E-state index contributed by atoms with van der Waals surface area (Å²) in [5.74, 6) is -1.96. The van der Waals surface area contributed by atoms with E-state index in [4.69, 9.17) is 10.5 Å². The van der Waals surface area contributed by atoms with Crippen molar-refractivity contribution in [1.29, 1.82) is 0 Å². The van der Waals surface area contributed by atoms with Crippen LogP contribution in [0.25, 0.3) is 10.9 Å². The van der Waals surface area contributed by atoms with Crippen molar-refractivity contribution in [3.63, 3.8) is 0 Å². The Morgan fingerprint density at radius 3 is 2.46 bits per heavy atom. The number of nitrogens with two attached hydrogens (primary N) is 1. The largest absolute Gasteiger partial charge is 0.461 e. The van der Waals surface area contributed by atoms with Crippen LogP contribution < -0.4 is 11.1 Å². The molecule has 0 spiro atoms. The first-order valence-corrected chi connectivity index (χ1v) is 8.68. The molecule has 3 N–H and O–H groups in total. The predicted octanol–water partition coefficient (Wildman–Crippen LogP) is 1.95. The lowest BCUT2D eigenvalue weighted by Crippen LogP contribution is -2.46. The van der Waals surface area contributed by atoms with Gasteiger partial charge in [0.1, 0.15) is 12.6 Å². The maximum atomic E-state index is 12.6. The van der Waals surface area contributed by atoms with E-state index in [0.717, 1.165) is 5.56 Å². The maximum Gasteiger partial charge on any atom is 0.308 e. The lowest BCUT2D eigenvalue weighted by molar-refractivity contribution is -0.146. The van der Waals surface area contributed by atoms with E-state index in [1.807, 2.05) is 36.4 Å². The number of hydrogen-bond acceptors (Lipinski definition) is 5. The molecule has 3 aromatic rings. The van der Waals surface area contributed by atoms with Gasteiger partial charge in [0.2, 0.25) is 5.91 Å². The zero-order chi connectivity index (χ0) is 19.9. The molecule has 0 unspecified atom stereocenters. The molecule has 0 fully saturated rings.